The number of benzene rings is 1. The second-order valence-electron chi connectivity index (χ2n) is 6.73. The van der Waals surface area contributed by atoms with E-state index >= 15 is 0 Å². The summed E-state index contributed by atoms with van der Waals surface area (Å²) in [7, 11) is -4.03. The van der Waals surface area contributed by atoms with Gasteiger partial charge in [-0.3, -0.25) is 0 Å². The minimum Gasteiger partial charge on any atom is -0.435 e. The highest BCUT2D eigenvalue weighted by Crippen LogP contribution is 2.26. The van der Waals surface area contributed by atoms with Crippen LogP contribution in [0.25, 0.3) is 0 Å². The third-order valence-corrected chi connectivity index (χ3v) is 6.87. The Morgan fingerprint density at radius 3 is 2.41 bits per heavy atom. The van der Waals surface area contributed by atoms with E-state index in [9.17, 15) is 21.6 Å². The molecular formula is C17H23F3N2O4S. The molecule has 27 heavy (non-hydrogen) atoms. The summed E-state index contributed by atoms with van der Waals surface area (Å²) >= 11 is 0. The number of alkyl halides is 2. The predicted molar refractivity (Wildman–Crippen MR) is 91.8 cm³/mol. The van der Waals surface area contributed by atoms with E-state index < -0.39 is 33.1 Å². The summed E-state index contributed by atoms with van der Waals surface area (Å²) in [6.07, 6.45) is 2.02. The van der Waals surface area contributed by atoms with Gasteiger partial charge < -0.3 is 14.4 Å². The van der Waals surface area contributed by atoms with Crippen LogP contribution in [0, 0.1) is 11.7 Å². The van der Waals surface area contributed by atoms with E-state index in [0.717, 1.165) is 44.7 Å². The monoisotopic (exact) mass is 408 g/mol. The maximum Gasteiger partial charge on any atom is 0.387 e. The fraction of sp³-hybridized carbons (Fsp3) is 0.647. The van der Waals surface area contributed by atoms with Crippen molar-refractivity contribution in [3.63, 3.8) is 0 Å². The van der Waals surface area contributed by atoms with Gasteiger partial charge in [-0.25, -0.2) is 12.8 Å². The molecule has 152 valence electrons. The van der Waals surface area contributed by atoms with Crippen molar-refractivity contribution in [1.82, 2.24) is 9.21 Å². The van der Waals surface area contributed by atoms with E-state index in [0.29, 0.717) is 25.1 Å². The summed E-state index contributed by atoms with van der Waals surface area (Å²) in [4.78, 5) is 1.69. The second kappa shape index (κ2) is 8.76. The highest BCUT2D eigenvalue weighted by molar-refractivity contribution is 7.89. The molecule has 10 heteroatoms. The van der Waals surface area contributed by atoms with Gasteiger partial charge in [-0.1, -0.05) is 0 Å². The van der Waals surface area contributed by atoms with Crippen molar-refractivity contribution in [2.24, 2.45) is 5.92 Å². The summed E-state index contributed by atoms with van der Waals surface area (Å²) in [6.45, 7) is 1.02. The summed E-state index contributed by atoms with van der Waals surface area (Å²) in [5, 5.41) is 0. The lowest BCUT2D eigenvalue weighted by atomic mass is 9.99. The molecule has 0 unspecified atom stereocenters. The van der Waals surface area contributed by atoms with Gasteiger partial charge in [0.05, 0.1) is 0 Å². The van der Waals surface area contributed by atoms with E-state index in [4.69, 9.17) is 4.74 Å². The Bertz CT molecular complexity index is 734. The molecule has 0 amide bonds. The van der Waals surface area contributed by atoms with Crippen molar-refractivity contribution in [2.75, 3.05) is 45.9 Å². The minimum atomic E-state index is -4.03. The Balaban J connectivity index is 1.61. The van der Waals surface area contributed by atoms with Gasteiger partial charge in [0.1, 0.15) is 16.5 Å². The van der Waals surface area contributed by atoms with Crippen molar-refractivity contribution in [3.05, 3.63) is 24.0 Å². The van der Waals surface area contributed by atoms with Crippen molar-refractivity contribution in [2.45, 2.75) is 24.3 Å². The second-order valence-corrected chi connectivity index (χ2v) is 8.64. The molecule has 0 aromatic heterocycles. The molecule has 1 aromatic carbocycles. The van der Waals surface area contributed by atoms with Gasteiger partial charge in [0, 0.05) is 52.0 Å². The van der Waals surface area contributed by atoms with Crippen molar-refractivity contribution in [3.8, 4) is 5.75 Å². The van der Waals surface area contributed by atoms with Gasteiger partial charge >= 0.3 is 6.61 Å². The molecular weight excluding hydrogens is 385 g/mol. The largest absolute Gasteiger partial charge is 0.435 e. The number of piperazine rings is 1. The first-order valence-corrected chi connectivity index (χ1v) is 10.3. The van der Waals surface area contributed by atoms with E-state index in [1.165, 1.54) is 4.31 Å². The zero-order valence-electron chi connectivity index (χ0n) is 14.8. The Hall–Kier alpha value is -1.36. The van der Waals surface area contributed by atoms with Gasteiger partial charge in [-0.05, 0) is 30.9 Å². The van der Waals surface area contributed by atoms with Gasteiger partial charge in [0.15, 0.2) is 0 Å². The normalized spacial score (nSPS) is 20.9. The summed E-state index contributed by atoms with van der Waals surface area (Å²) in [5.41, 5.74) is 0. The lowest BCUT2D eigenvalue weighted by Crippen LogP contribution is -2.50. The molecule has 2 aliphatic rings. The molecule has 1 aromatic rings. The van der Waals surface area contributed by atoms with Gasteiger partial charge in [-0.2, -0.15) is 13.1 Å². The highest BCUT2D eigenvalue weighted by Gasteiger charge is 2.31. The first kappa shape index (κ1) is 20.4. The lowest BCUT2D eigenvalue weighted by Gasteiger charge is -2.36. The number of sulfonamides is 1. The number of rotatable bonds is 6. The van der Waals surface area contributed by atoms with Gasteiger partial charge in [-0.15, -0.1) is 0 Å². The molecule has 3 rings (SSSR count). The van der Waals surface area contributed by atoms with Gasteiger partial charge in [0.25, 0.3) is 0 Å². The maximum atomic E-state index is 14.2. The molecule has 2 aliphatic heterocycles. The van der Waals surface area contributed by atoms with E-state index in [1.807, 2.05) is 0 Å². The smallest absolute Gasteiger partial charge is 0.387 e. The van der Waals surface area contributed by atoms with Crippen LogP contribution in [-0.2, 0) is 14.8 Å². The Labute approximate surface area is 156 Å². The molecule has 0 radical (unpaired) electrons. The zero-order valence-corrected chi connectivity index (χ0v) is 15.6. The molecule has 0 saturated carbocycles. The molecule has 0 aliphatic carbocycles. The third kappa shape index (κ3) is 5.13. The van der Waals surface area contributed by atoms with Crippen LogP contribution in [0.15, 0.2) is 23.1 Å². The van der Waals surface area contributed by atoms with Crippen molar-refractivity contribution >= 4 is 10.0 Å². The van der Waals surface area contributed by atoms with E-state index in [2.05, 4.69) is 9.64 Å². The summed E-state index contributed by atoms with van der Waals surface area (Å²) in [6, 6.07) is 2.67. The first-order valence-electron chi connectivity index (χ1n) is 8.91. The lowest BCUT2D eigenvalue weighted by molar-refractivity contribution is -0.0500. The maximum absolute atomic E-state index is 14.2. The van der Waals surface area contributed by atoms with Crippen LogP contribution in [0.3, 0.4) is 0 Å². The fourth-order valence-corrected chi connectivity index (χ4v) is 4.92. The average molecular weight is 408 g/mol. The van der Waals surface area contributed by atoms with Crippen molar-refractivity contribution in [1.29, 1.82) is 0 Å². The Morgan fingerprint density at radius 2 is 1.81 bits per heavy atom. The minimum absolute atomic E-state index is 0.264. The predicted octanol–water partition coefficient (Wildman–Crippen LogP) is 2.16. The Kier molecular flexibility index (Phi) is 6.61. The topological polar surface area (TPSA) is 59.1 Å². The molecule has 0 spiro atoms. The summed E-state index contributed by atoms with van der Waals surface area (Å²) < 4.78 is 74.7. The van der Waals surface area contributed by atoms with Crippen LogP contribution in [0.4, 0.5) is 13.2 Å². The number of hydrogen-bond acceptors (Lipinski definition) is 5. The molecule has 0 atom stereocenters. The van der Waals surface area contributed by atoms with E-state index in [-0.39, 0.29) is 13.1 Å². The molecule has 6 nitrogen and oxygen atoms in total. The molecule has 2 saturated heterocycles. The van der Waals surface area contributed by atoms with Crippen LogP contribution in [0.1, 0.15) is 12.8 Å². The number of nitrogens with zero attached hydrogens (tertiary/aromatic N) is 2. The van der Waals surface area contributed by atoms with Gasteiger partial charge in [0.2, 0.25) is 10.0 Å². The SMILES string of the molecule is O=S(=O)(c1ccc(OC(F)F)cc1F)N1CCN(CC2CCOCC2)CC1. The highest BCUT2D eigenvalue weighted by atomic mass is 32.2. The molecule has 0 bridgehead atoms. The molecule has 0 N–H and O–H groups in total. The quantitative estimate of drug-likeness (QED) is 0.722. The number of halogens is 3. The standard InChI is InChI=1S/C17H23F3N2O4S/c18-15-11-14(26-17(19)20)1-2-16(15)27(23,24)22-7-5-21(6-8-22)12-13-3-9-25-10-4-13/h1-2,11,13,17H,3-10,12H2. The molecule has 2 heterocycles. The zero-order chi connectivity index (χ0) is 19.4. The van der Waals surface area contributed by atoms with Crippen LogP contribution >= 0.6 is 0 Å². The average Bonchev–Trinajstić information content (AvgIpc) is 2.62. The fourth-order valence-electron chi connectivity index (χ4n) is 3.45. The van der Waals surface area contributed by atoms with Crippen LogP contribution in [0.5, 0.6) is 5.75 Å². The number of ether oxygens (including phenoxy) is 2. The van der Waals surface area contributed by atoms with Crippen LogP contribution in [-0.4, -0.2) is 70.2 Å². The first-order chi connectivity index (χ1) is 12.9. The van der Waals surface area contributed by atoms with Crippen LogP contribution in [0.2, 0.25) is 0 Å². The summed E-state index contributed by atoms with van der Waals surface area (Å²) in [5.74, 6) is -0.956. The third-order valence-electron chi connectivity index (χ3n) is 4.93. The molecule has 2 fully saturated rings. The van der Waals surface area contributed by atoms with Crippen molar-refractivity contribution < 1.29 is 31.1 Å². The van der Waals surface area contributed by atoms with E-state index in [1.54, 1.807) is 0 Å². The van der Waals surface area contributed by atoms with Crippen LogP contribution < -0.4 is 4.74 Å². The Morgan fingerprint density at radius 1 is 1.15 bits per heavy atom. The number of hydrogen-bond donors (Lipinski definition) is 0.